The van der Waals surface area contributed by atoms with E-state index in [0.29, 0.717) is 28.3 Å². The van der Waals surface area contributed by atoms with Gasteiger partial charge in [-0.1, -0.05) is 12.1 Å². The van der Waals surface area contributed by atoms with Crippen molar-refractivity contribution in [3.8, 4) is 11.3 Å². The third-order valence-electron chi connectivity index (χ3n) is 4.64. The molecule has 1 fully saturated rings. The molecule has 2 aromatic carbocycles. The lowest BCUT2D eigenvalue weighted by Crippen LogP contribution is -2.35. The first-order chi connectivity index (χ1) is 15.3. The Hall–Kier alpha value is -4.20. The largest absolute Gasteiger partial charge is 0.459 e. The van der Waals surface area contributed by atoms with E-state index in [1.165, 1.54) is 30.3 Å². The molecule has 1 aliphatic rings. The topological polar surface area (TPSA) is 88.9 Å². The second kappa shape index (κ2) is 8.50. The Morgan fingerprint density at radius 1 is 1.03 bits per heavy atom. The van der Waals surface area contributed by atoms with Gasteiger partial charge in [0.05, 0.1) is 17.4 Å². The first-order valence-corrected chi connectivity index (χ1v) is 9.86. The molecule has 0 unspecified atom stereocenters. The second-order valence-electron chi connectivity index (χ2n) is 7.35. The van der Waals surface area contributed by atoms with E-state index in [-0.39, 0.29) is 11.7 Å². The number of hydrazine groups is 1. The minimum absolute atomic E-state index is 0.109. The Morgan fingerprint density at radius 3 is 2.38 bits per heavy atom. The number of amides is 2. The minimum atomic E-state index is -0.592. The SMILES string of the molecule is CC(C)OC(=O)c1ccc(-c2ccc(/C=C3/C(=O)NN(c4ccc(F)cc4)C3=O)o2)cc1. The molecule has 162 valence electrons. The molecule has 2 heterocycles. The van der Waals surface area contributed by atoms with Crippen molar-refractivity contribution in [3.63, 3.8) is 0 Å². The normalized spacial score (nSPS) is 14.9. The molecular weight excluding hydrogens is 415 g/mol. The number of nitrogens with one attached hydrogen (secondary N) is 1. The molecule has 1 saturated heterocycles. The lowest BCUT2D eigenvalue weighted by atomic mass is 10.1. The van der Waals surface area contributed by atoms with E-state index in [1.807, 2.05) is 0 Å². The fraction of sp³-hybridized carbons (Fsp3) is 0.125. The number of hydrogen-bond acceptors (Lipinski definition) is 5. The maximum atomic E-state index is 13.1. The van der Waals surface area contributed by atoms with Gasteiger partial charge in [0.15, 0.2) is 0 Å². The van der Waals surface area contributed by atoms with E-state index in [2.05, 4.69) is 5.43 Å². The fourth-order valence-electron chi connectivity index (χ4n) is 3.11. The molecule has 8 heteroatoms. The summed E-state index contributed by atoms with van der Waals surface area (Å²) in [6, 6.07) is 15.2. The van der Waals surface area contributed by atoms with Gasteiger partial charge in [-0.15, -0.1) is 0 Å². The molecule has 0 saturated carbocycles. The van der Waals surface area contributed by atoms with Crippen LogP contribution in [0.1, 0.15) is 30.0 Å². The van der Waals surface area contributed by atoms with Crippen molar-refractivity contribution in [2.45, 2.75) is 20.0 Å². The predicted octanol–water partition coefficient (Wildman–Crippen LogP) is 4.11. The number of carbonyl (C=O) groups excluding carboxylic acids is 3. The van der Waals surface area contributed by atoms with Gasteiger partial charge in [0, 0.05) is 5.56 Å². The zero-order valence-electron chi connectivity index (χ0n) is 17.3. The molecule has 1 aromatic heterocycles. The molecule has 4 rings (SSSR count). The lowest BCUT2D eigenvalue weighted by Gasteiger charge is -2.14. The van der Waals surface area contributed by atoms with E-state index >= 15 is 0 Å². The van der Waals surface area contributed by atoms with Crippen LogP contribution < -0.4 is 10.4 Å². The van der Waals surface area contributed by atoms with Gasteiger partial charge < -0.3 is 9.15 Å². The molecule has 7 nitrogen and oxygen atoms in total. The summed E-state index contributed by atoms with van der Waals surface area (Å²) in [4.78, 5) is 36.9. The van der Waals surface area contributed by atoms with E-state index < -0.39 is 23.6 Å². The van der Waals surface area contributed by atoms with E-state index in [4.69, 9.17) is 9.15 Å². The van der Waals surface area contributed by atoms with Crippen LogP contribution in [0.3, 0.4) is 0 Å². The molecule has 2 amide bonds. The highest BCUT2D eigenvalue weighted by Crippen LogP contribution is 2.26. The van der Waals surface area contributed by atoms with Gasteiger partial charge in [0.2, 0.25) is 0 Å². The first kappa shape index (κ1) is 21.0. The third-order valence-corrected chi connectivity index (χ3v) is 4.64. The standard InChI is InChI=1S/C24H19FN2O5/c1-14(2)31-24(30)16-5-3-15(4-6-16)21-12-11-19(32-21)13-20-22(28)26-27(23(20)29)18-9-7-17(25)8-10-18/h3-14H,1-2H3,(H,26,28)/b20-13-. The summed E-state index contributed by atoms with van der Waals surface area (Å²) in [5.74, 6) is -1.22. The van der Waals surface area contributed by atoms with E-state index in [0.717, 1.165) is 5.01 Å². The van der Waals surface area contributed by atoms with Crippen LogP contribution in [0, 0.1) is 5.82 Å². The molecular formula is C24H19FN2O5. The number of nitrogens with zero attached hydrogens (tertiary/aromatic N) is 1. The van der Waals surface area contributed by atoms with Gasteiger partial charge in [-0.05, 0) is 68.5 Å². The highest BCUT2D eigenvalue weighted by molar-refractivity contribution is 6.31. The monoisotopic (exact) mass is 434 g/mol. The van der Waals surface area contributed by atoms with Crippen molar-refractivity contribution in [2.24, 2.45) is 0 Å². The Bertz CT molecular complexity index is 1210. The van der Waals surface area contributed by atoms with Crippen molar-refractivity contribution >= 4 is 29.5 Å². The zero-order valence-corrected chi connectivity index (χ0v) is 17.3. The lowest BCUT2D eigenvalue weighted by molar-refractivity contribution is -0.117. The van der Waals surface area contributed by atoms with Crippen LogP contribution in [0.5, 0.6) is 0 Å². The second-order valence-corrected chi connectivity index (χ2v) is 7.35. The molecule has 32 heavy (non-hydrogen) atoms. The Kier molecular flexibility index (Phi) is 5.59. The van der Waals surface area contributed by atoms with Crippen molar-refractivity contribution < 1.29 is 27.9 Å². The van der Waals surface area contributed by atoms with Gasteiger partial charge in [-0.3, -0.25) is 15.0 Å². The summed E-state index contributed by atoms with van der Waals surface area (Å²) in [5.41, 5.74) is 3.81. The van der Waals surface area contributed by atoms with Crippen LogP contribution in [0.2, 0.25) is 0 Å². The van der Waals surface area contributed by atoms with Crippen molar-refractivity contribution in [2.75, 3.05) is 5.01 Å². The Balaban J connectivity index is 1.52. The molecule has 0 bridgehead atoms. The number of furan rings is 1. The average molecular weight is 434 g/mol. The third kappa shape index (κ3) is 4.29. The number of hydrogen-bond donors (Lipinski definition) is 1. The molecule has 0 radical (unpaired) electrons. The average Bonchev–Trinajstić information content (AvgIpc) is 3.34. The smallest absolute Gasteiger partial charge is 0.338 e. The van der Waals surface area contributed by atoms with Crippen molar-refractivity contribution in [1.82, 2.24) is 5.43 Å². The van der Waals surface area contributed by atoms with Crippen LogP contribution in [0.4, 0.5) is 10.1 Å². The molecule has 3 aromatic rings. The molecule has 0 atom stereocenters. The summed E-state index contributed by atoms with van der Waals surface area (Å²) in [6.07, 6.45) is 1.14. The quantitative estimate of drug-likeness (QED) is 0.371. The molecule has 0 aliphatic carbocycles. The van der Waals surface area contributed by atoms with Crippen LogP contribution in [-0.2, 0) is 14.3 Å². The first-order valence-electron chi connectivity index (χ1n) is 9.86. The van der Waals surface area contributed by atoms with Crippen LogP contribution in [0.25, 0.3) is 17.4 Å². The number of anilines is 1. The summed E-state index contributed by atoms with van der Waals surface area (Å²) < 4.78 is 24.0. The fourth-order valence-corrected chi connectivity index (χ4v) is 3.11. The van der Waals surface area contributed by atoms with Crippen molar-refractivity contribution in [3.05, 3.63) is 83.4 Å². The number of carbonyl (C=O) groups is 3. The summed E-state index contributed by atoms with van der Waals surface area (Å²) in [6.45, 7) is 3.55. The van der Waals surface area contributed by atoms with Gasteiger partial charge >= 0.3 is 5.97 Å². The summed E-state index contributed by atoms with van der Waals surface area (Å²) in [5, 5.41) is 1.05. The molecule has 0 spiro atoms. The van der Waals surface area contributed by atoms with Crippen LogP contribution in [-0.4, -0.2) is 23.9 Å². The highest BCUT2D eigenvalue weighted by atomic mass is 19.1. The Labute approximate surface area is 183 Å². The molecule has 1 N–H and O–H groups in total. The van der Waals surface area contributed by atoms with Crippen molar-refractivity contribution in [1.29, 1.82) is 0 Å². The van der Waals surface area contributed by atoms with E-state index in [1.54, 1.807) is 50.2 Å². The van der Waals surface area contributed by atoms with Gasteiger partial charge in [-0.25, -0.2) is 14.2 Å². The van der Waals surface area contributed by atoms with Crippen LogP contribution >= 0.6 is 0 Å². The highest BCUT2D eigenvalue weighted by Gasteiger charge is 2.34. The van der Waals surface area contributed by atoms with Gasteiger partial charge in [0.25, 0.3) is 11.8 Å². The zero-order chi connectivity index (χ0) is 22.8. The number of ether oxygens (including phenoxy) is 1. The number of esters is 1. The molecule has 1 aliphatic heterocycles. The Morgan fingerprint density at radius 2 is 1.72 bits per heavy atom. The number of halogens is 1. The van der Waals surface area contributed by atoms with Gasteiger partial charge in [0.1, 0.15) is 22.9 Å². The number of benzene rings is 2. The minimum Gasteiger partial charge on any atom is -0.459 e. The summed E-state index contributed by atoms with van der Waals surface area (Å²) >= 11 is 0. The van der Waals surface area contributed by atoms with Crippen LogP contribution in [0.15, 0.2) is 70.7 Å². The maximum absolute atomic E-state index is 13.1. The summed E-state index contributed by atoms with van der Waals surface area (Å²) in [7, 11) is 0. The van der Waals surface area contributed by atoms with E-state index in [9.17, 15) is 18.8 Å². The predicted molar refractivity (Wildman–Crippen MR) is 115 cm³/mol. The number of rotatable bonds is 5. The maximum Gasteiger partial charge on any atom is 0.338 e. The van der Waals surface area contributed by atoms with Gasteiger partial charge in [-0.2, -0.15) is 0 Å².